The normalized spacial score (nSPS) is 15.5. The van der Waals surface area contributed by atoms with E-state index < -0.39 is 26.8 Å². The number of halogens is 1. The van der Waals surface area contributed by atoms with E-state index >= 15 is 0 Å². The van der Waals surface area contributed by atoms with Crippen LogP contribution in [0.15, 0.2) is 29.2 Å². The molecule has 1 unspecified atom stereocenters. The van der Waals surface area contributed by atoms with E-state index in [9.17, 15) is 22.4 Å². The predicted molar refractivity (Wildman–Crippen MR) is 91.1 cm³/mol. The highest BCUT2D eigenvalue weighted by Crippen LogP contribution is 2.30. The van der Waals surface area contributed by atoms with Crippen molar-refractivity contribution < 1.29 is 22.4 Å². The second-order valence-electron chi connectivity index (χ2n) is 5.70. The minimum atomic E-state index is -3.96. The number of nitrogens with zero attached hydrogens (tertiary/aromatic N) is 1. The molecular weight excluding hydrogens is 367 g/mol. The molecule has 1 N–H and O–H groups in total. The van der Waals surface area contributed by atoms with Gasteiger partial charge in [0.15, 0.2) is 20.8 Å². The lowest BCUT2D eigenvalue weighted by Gasteiger charge is -2.12. The van der Waals surface area contributed by atoms with Crippen molar-refractivity contribution in [1.82, 2.24) is 4.98 Å². The van der Waals surface area contributed by atoms with Crippen LogP contribution < -0.4 is 5.32 Å². The maximum atomic E-state index is 13.0. The summed E-state index contributed by atoms with van der Waals surface area (Å²) >= 11 is 1.06. The van der Waals surface area contributed by atoms with Gasteiger partial charge >= 0.3 is 0 Å². The summed E-state index contributed by atoms with van der Waals surface area (Å²) in [4.78, 5) is 28.7. The Morgan fingerprint density at radius 1 is 1.28 bits per heavy atom. The van der Waals surface area contributed by atoms with Crippen LogP contribution in [0.1, 0.15) is 35.1 Å². The van der Waals surface area contributed by atoms with Crippen molar-refractivity contribution in [2.45, 2.75) is 36.3 Å². The van der Waals surface area contributed by atoms with E-state index in [2.05, 4.69) is 10.3 Å². The zero-order chi connectivity index (χ0) is 18.2. The summed E-state index contributed by atoms with van der Waals surface area (Å²) in [5.74, 6) is -1.32. The molecule has 0 radical (unpaired) electrons. The Bertz CT molecular complexity index is 936. The van der Waals surface area contributed by atoms with Crippen molar-refractivity contribution in [2.75, 3.05) is 5.32 Å². The van der Waals surface area contributed by atoms with Gasteiger partial charge in [0, 0.05) is 6.42 Å². The van der Waals surface area contributed by atoms with Gasteiger partial charge in [0.25, 0.3) is 0 Å². The van der Waals surface area contributed by atoms with E-state index in [4.69, 9.17) is 0 Å². The summed E-state index contributed by atoms with van der Waals surface area (Å²) in [6, 6.07) is 4.29. The highest BCUT2D eigenvalue weighted by molar-refractivity contribution is 7.92. The monoisotopic (exact) mass is 382 g/mol. The minimum Gasteiger partial charge on any atom is -0.301 e. The number of benzene rings is 1. The number of hydrogen-bond acceptors (Lipinski definition) is 6. The fourth-order valence-electron chi connectivity index (χ4n) is 2.50. The number of ketones is 1. The van der Waals surface area contributed by atoms with Crippen molar-refractivity contribution >= 4 is 38.0 Å². The van der Waals surface area contributed by atoms with Crippen molar-refractivity contribution in [2.24, 2.45) is 0 Å². The second-order valence-corrected chi connectivity index (χ2v) is 8.97. The van der Waals surface area contributed by atoms with Crippen LogP contribution in [0.3, 0.4) is 0 Å². The quantitative estimate of drug-likeness (QED) is 0.821. The molecule has 1 aliphatic rings. The van der Waals surface area contributed by atoms with Gasteiger partial charge < -0.3 is 5.32 Å². The molecule has 9 heteroatoms. The molecule has 0 bridgehead atoms. The lowest BCUT2D eigenvalue weighted by Crippen LogP contribution is -2.32. The van der Waals surface area contributed by atoms with E-state index in [1.165, 1.54) is 6.92 Å². The molecule has 2 aromatic rings. The lowest BCUT2D eigenvalue weighted by molar-refractivity contribution is -0.115. The average Bonchev–Trinajstić information content (AvgIpc) is 2.98. The van der Waals surface area contributed by atoms with Gasteiger partial charge in [-0.05, 0) is 44.0 Å². The number of aryl methyl sites for hydroxylation is 1. The predicted octanol–water partition coefficient (Wildman–Crippen LogP) is 2.60. The number of amides is 1. The molecule has 1 atom stereocenters. The van der Waals surface area contributed by atoms with Gasteiger partial charge in [-0.15, -0.1) is 0 Å². The Hall–Kier alpha value is -2.13. The molecule has 132 valence electrons. The number of carbonyl (C=O) groups excluding carboxylic acids is 2. The number of thiazole rings is 1. The highest BCUT2D eigenvalue weighted by atomic mass is 32.2. The second kappa shape index (κ2) is 6.64. The molecule has 1 aliphatic carbocycles. The van der Waals surface area contributed by atoms with Gasteiger partial charge in [0.2, 0.25) is 5.91 Å². The number of anilines is 1. The minimum absolute atomic E-state index is 0.00812. The maximum absolute atomic E-state index is 13.0. The number of Topliss-reactive ketones (excluding diaryl/α,β-unsaturated/α-hetero) is 1. The molecular formula is C16H15FN2O4S2. The third-order valence-corrected chi connectivity index (χ3v) is 7.10. The van der Waals surface area contributed by atoms with Crippen LogP contribution in [0.2, 0.25) is 0 Å². The molecule has 1 aromatic carbocycles. The third kappa shape index (κ3) is 3.47. The summed E-state index contributed by atoms with van der Waals surface area (Å²) < 4.78 is 37.9. The van der Waals surface area contributed by atoms with Gasteiger partial charge in [0.05, 0.1) is 15.5 Å². The number of sulfone groups is 1. The molecule has 1 heterocycles. The van der Waals surface area contributed by atoms with Crippen LogP contribution in [-0.4, -0.2) is 30.3 Å². The number of rotatable bonds is 4. The molecule has 1 aromatic heterocycles. The fourth-order valence-corrected chi connectivity index (χ4v) is 4.75. The number of fused-ring (bicyclic) bond motifs is 1. The zero-order valence-electron chi connectivity index (χ0n) is 13.3. The van der Waals surface area contributed by atoms with Crippen molar-refractivity contribution in [3.63, 3.8) is 0 Å². The standard InChI is InChI=1S/C16H15FN2O4S2/c1-9(25(22,23)11-7-5-10(17)6-8-11)15(21)19-16-18-12-3-2-4-13(20)14(12)24-16/h5-9H,2-4H2,1H3,(H,18,19,21). The van der Waals surface area contributed by atoms with E-state index in [0.717, 1.165) is 42.0 Å². The van der Waals surface area contributed by atoms with Gasteiger partial charge in [-0.1, -0.05) is 11.3 Å². The summed E-state index contributed by atoms with van der Waals surface area (Å²) in [5, 5.41) is 1.30. The van der Waals surface area contributed by atoms with Crippen LogP contribution in [0.4, 0.5) is 9.52 Å². The SMILES string of the molecule is CC(C(=O)Nc1nc2c(s1)C(=O)CCC2)S(=O)(=O)c1ccc(F)cc1. The van der Waals surface area contributed by atoms with Crippen molar-refractivity contribution in [3.05, 3.63) is 40.7 Å². The van der Waals surface area contributed by atoms with Crippen LogP contribution in [0.5, 0.6) is 0 Å². The van der Waals surface area contributed by atoms with Crippen molar-refractivity contribution in [3.8, 4) is 0 Å². The molecule has 1 amide bonds. The van der Waals surface area contributed by atoms with Gasteiger partial charge in [-0.3, -0.25) is 9.59 Å². The zero-order valence-corrected chi connectivity index (χ0v) is 14.9. The van der Waals surface area contributed by atoms with Crippen LogP contribution in [-0.2, 0) is 21.1 Å². The first-order valence-electron chi connectivity index (χ1n) is 7.62. The molecule has 0 spiro atoms. The molecule has 25 heavy (non-hydrogen) atoms. The number of aromatic nitrogens is 1. The maximum Gasteiger partial charge on any atom is 0.244 e. The van der Waals surface area contributed by atoms with Gasteiger partial charge in [-0.25, -0.2) is 17.8 Å². The fraction of sp³-hybridized carbons (Fsp3) is 0.312. The Kier molecular flexibility index (Phi) is 4.70. The van der Waals surface area contributed by atoms with Crippen LogP contribution >= 0.6 is 11.3 Å². The summed E-state index contributed by atoms with van der Waals surface area (Å²) in [6.45, 7) is 1.26. The van der Waals surface area contributed by atoms with E-state index in [1.807, 2.05) is 0 Å². The molecule has 6 nitrogen and oxygen atoms in total. The van der Waals surface area contributed by atoms with Gasteiger partial charge in [-0.2, -0.15) is 0 Å². The topological polar surface area (TPSA) is 93.2 Å². The number of carbonyl (C=O) groups is 2. The molecule has 0 saturated carbocycles. The third-order valence-electron chi connectivity index (χ3n) is 3.97. The Balaban J connectivity index is 1.79. The van der Waals surface area contributed by atoms with E-state index in [-0.39, 0.29) is 15.8 Å². The highest BCUT2D eigenvalue weighted by Gasteiger charge is 2.31. The summed E-state index contributed by atoms with van der Waals surface area (Å²) in [6.07, 6.45) is 1.84. The summed E-state index contributed by atoms with van der Waals surface area (Å²) in [7, 11) is -3.96. The summed E-state index contributed by atoms with van der Waals surface area (Å²) in [5.41, 5.74) is 0.644. The molecule has 0 fully saturated rings. The molecule has 3 rings (SSSR count). The average molecular weight is 382 g/mol. The largest absolute Gasteiger partial charge is 0.301 e. The van der Waals surface area contributed by atoms with E-state index in [0.29, 0.717) is 23.4 Å². The first kappa shape index (κ1) is 17.7. The van der Waals surface area contributed by atoms with E-state index in [1.54, 1.807) is 0 Å². The Morgan fingerprint density at radius 3 is 2.60 bits per heavy atom. The molecule has 0 aliphatic heterocycles. The number of nitrogens with one attached hydrogen (secondary N) is 1. The van der Waals surface area contributed by atoms with Crippen LogP contribution in [0.25, 0.3) is 0 Å². The smallest absolute Gasteiger partial charge is 0.244 e. The Labute approximate surface area is 148 Å². The number of hydrogen-bond donors (Lipinski definition) is 1. The van der Waals surface area contributed by atoms with Gasteiger partial charge in [0.1, 0.15) is 11.1 Å². The molecule has 0 saturated heterocycles. The first-order valence-corrected chi connectivity index (χ1v) is 9.98. The first-order chi connectivity index (χ1) is 11.8. The lowest BCUT2D eigenvalue weighted by atomic mass is 10.0. The van der Waals surface area contributed by atoms with Crippen molar-refractivity contribution in [1.29, 1.82) is 0 Å². The Morgan fingerprint density at radius 2 is 1.96 bits per heavy atom. The van der Waals surface area contributed by atoms with Crippen LogP contribution in [0, 0.1) is 5.82 Å².